The lowest BCUT2D eigenvalue weighted by atomic mass is 9.45. The minimum Gasteiger partial charge on any atom is -0.460 e. The van der Waals surface area contributed by atoms with Crippen molar-refractivity contribution in [3.63, 3.8) is 0 Å². The number of esters is 1. The number of hydrogen-bond donors (Lipinski definition) is 1. The maximum absolute atomic E-state index is 12.2. The van der Waals surface area contributed by atoms with E-state index in [9.17, 15) is 4.79 Å². The van der Waals surface area contributed by atoms with Crippen LogP contribution in [0.4, 0.5) is 0 Å². The van der Waals surface area contributed by atoms with Crippen molar-refractivity contribution in [3.05, 3.63) is 0 Å². The average Bonchev–Trinajstić information content (AvgIpc) is 2.48. The highest BCUT2D eigenvalue weighted by Crippen LogP contribution is 2.70. The summed E-state index contributed by atoms with van der Waals surface area (Å²) in [5.74, 6) is 3.12. The summed E-state index contributed by atoms with van der Waals surface area (Å²) < 4.78 is 5.53. The van der Waals surface area contributed by atoms with Gasteiger partial charge in [0, 0.05) is 0 Å². The van der Waals surface area contributed by atoms with E-state index >= 15 is 0 Å². The molecule has 5 atom stereocenters. The predicted molar refractivity (Wildman–Crippen MR) is 74.4 cm³/mol. The van der Waals surface area contributed by atoms with Crippen LogP contribution in [0.1, 0.15) is 52.9 Å². The molecule has 3 nitrogen and oxygen atoms in total. The molecule has 0 aromatic carbocycles. The molecule has 3 fully saturated rings. The summed E-state index contributed by atoms with van der Waals surface area (Å²) in [5.41, 5.74) is 5.80. The maximum Gasteiger partial charge on any atom is 0.306 e. The molecule has 0 aromatic heterocycles. The molecule has 3 heteroatoms. The third-order valence-electron chi connectivity index (χ3n) is 5.86. The highest BCUT2D eigenvalue weighted by Gasteiger charge is 2.66. The molecule has 2 N–H and O–H groups in total. The average molecular weight is 265 g/mol. The fraction of sp³-hybridized carbons (Fsp3) is 0.938. The molecular weight excluding hydrogens is 238 g/mol. The van der Waals surface area contributed by atoms with Gasteiger partial charge in [0.1, 0.15) is 5.60 Å². The summed E-state index contributed by atoms with van der Waals surface area (Å²) in [6, 6.07) is 0. The van der Waals surface area contributed by atoms with Crippen molar-refractivity contribution in [2.45, 2.75) is 58.5 Å². The van der Waals surface area contributed by atoms with E-state index in [1.807, 2.05) is 20.8 Å². The van der Waals surface area contributed by atoms with Crippen LogP contribution >= 0.6 is 0 Å². The number of rotatable bonds is 3. The molecule has 0 heterocycles. The summed E-state index contributed by atoms with van der Waals surface area (Å²) in [7, 11) is 0. The Balaban J connectivity index is 1.73. The van der Waals surface area contributed by atoms with Crippen LogP contribution < -0.4 is 5.73 Å². The zero-order chi connectivity index (χ0) is 13.8. The fourth-order valence-electron chi connectivity index (χ4n) is 5.30. The van der Waals surface area contributed by atoms with Crippen molar-refractivity contribution in [2.75, 3.05) is 6.54 Å². The third kappa shape index (κ3) is 2.01. The minimum absolute atomic E-state index is 0.0493. The van der Waals surface area contributed by atoms with E-state index < -0.39 is 0 Å². The van der Waals surface area contributed by atoms with Crippen molar-refractivity contribution in [1.82, 2.24) is 0 Å². The normalized spacial score (nSPS) is 43.8. The van der Waals surface area contributed by atoms with Gasteiger partial charge in [-0.1, -0.05) is 6.42 Å². The van der Waals surface area contributed by atoms with E-state index in [4.69, 9.17) is 10.5 Å². The van der Waals surface area contributed by atoms with Gasteiger partial charge >= 0.3 is 5.97 Å². The van der Waals surface area contributed by atoms with Gasteiger partial charge in [-0.2, -0.15) is 0 Å². The number of carbonyl (C=O) groups is 1. The van der Waals surface area contributed by atoms with Gasteiger partial charge in [0.25, 0.3) is 0 Å². The largest absolute Gasteiger partial charge is 0.460 e. The number of fused-ring (bicyclic) bond motifs is 1. The molecule has 3 aliphatic carbocycles. The monoisotopic (exact) mass is 265 g/mol. The summed E-state index contributed by atoms with van der Waals surface area (Å²) in [6.45, 7) is 6.46. The van der Waals surface area contributed by atoms with Crippen LogP contribution in [0, 0.1) is 29.1 Å². The van der Waals surface area contributed by atoms with Crippen LogP contribution in [-0.2, 0) is 9.53 Å². The highest BCUT2D eigenvalue weighted by atomic mass is 16.6. The van der Waals surface area contributed by atoms with E-state index in [1.54, 1.807) is 0 Å². The Morgan fingerprint density at radius 3 is 2.63 bits per heavy atom. The first-order valence-corrected chi connectivity index (χ1v) is 7.77. The van der Waals surface area contributed by atoms with Crippen LogP contribution in [0.2, 0.25) is 0 Å². The molecule has 0 spiro atoms. The van der Waals surface area contributed by atoms with Crippen molar-refractivity contribution in [3.8, 4) is 0 Å². The molecule has 0 aliphatic heterocycles. The van der Waals surface area contributed by atoms with Gasteiger partial charge in [0.2, 0.25) is 0 Å². The molecule has 3 saturated carbocycles. The van der Waals surface area contributed by atoms with E-state index in [-0.39, 0.29) is 17.0 Å². The zero-order valence-electron chi connectivity index (χ0n) is 12.4. The van der Waals surface area contributed by atoms with Crippen LogP contribution in [0.15, 0.2) is 0 Å². The second-order valence-electron chi connectivity index (χ2n) is 7.99. The third-order valence-corrected chi connectivity index (χ3v) is 5.86. The Hall–Kier alpha value is -0.570. The first-order chi connectivity index (χ1) is 8.86. The van der Waals surface area contributed by atoms with E-state index in [0.29, 0.717) is 24.8 Å². The van der Waals surface area contributed by atoms with Gasteiger partial charge in [-0.3, -0.25) is 4.79 Å². The van der Waals surface area contributed by atoms with Gasteiger partial charge in [-0.15, -0.1) is 0 Å². The van der Waals surface area contributed by atoms with Gasteiger partial charge < -0.3 is 10.5 Å². The maximum atomic E-state index is 12.2. The quantitative estimate of drug-likeness (QED) is 0.798. The molecule has 0 unspecified atom stereocenters. The highest BCUT2D eigenvalue weighted by molar-refractivity contribution is 5.71. The SMILES string of the molecule is CC(C)(C)OC(=O)C[C@]1(CN)[C@@H]2C[C@@H]3CC[C@H]1[C@H]2C3. The Morgan fingerprint density at radius 1 is 1.26 bits per heavy atom. The summed E-state index contributed by atoms with van der Waals surface area (Å²) in [5, 5.41) is 0. The molecule has 108 valence electrons. The Labute approximate surface area is 116 Å². The standard InChI is InChI=1S/C16H27NO2/c1-15(2,3)19-14(18)8-16(9-17)12-5-4-10-6-11(12)13(16)7-10/h10-13H,4-9,17H2,1-3H3/t10-,11-,12+,13-,16-/m1/s1. The Bertz CT molecular complexity index is 379. The molecule has 0 radical (unpaired) electrons. The fourth-order valence-corrected chi connectivity index (χ4v) is 5.30. The zero-order valence-corrected chi connectivity index (χ0v) is 12.4. The van der Waals surface area contributed by atoms with Crippen LogP contribution in [0.3, 0.4) is 0 Å². The lowest BCUT2D eigenvalue weighted by Crippen LogP contribution is -2.59. The van der Waals surface area contributed by atoms with Crippen LogP contribution in [0.5, 0.6) is 0 Å². The van der Waals surface area contributed by atoms with E-state index in [1.165, 1.54) is 25.7 Å². The minimum atomic E-state index is -0.385. The molecule has 3 rings (SSSR count). The van der Waals surface area contributed by atoms with Crippen LogP contribution in [0.25, 0.3) is 0 Å². The Kier molecular flexibility index (Phi) is 2.97. The predicted octanol–water partition coefficient (Wildman–Crippen LogP) is 2.73. The summed E-state index contributed by atoms with van der Waals surface area (Å²) in [4.78, 5) is 12.2. The van der Waals surface area contributed by atoms with Crippen molar-refractivity contribution >= 4 is 5.97 Å². The van der Waals surface area contributed by atoms with Gasteiger partial charge in [0.15, 0.2) is 0 Å². The van der Waals surface area contributed by atoms with E-state index in [2.05, 4.69) is 0 Å². The Morgan fingerprint density at radius 2 is 2.00 bits per heavy atom. The second kappa shape index (κ2) is 4.21. The molecule has 0 aromatic rings. The topological polar surface area (TPSA) is 52.3 Å². The number of ether oxygens (including phenoxy) is 1. The number of carbonyl (C=O) groups excluding carboxylic acids is 1. The van der Waals surface area contributed by atoms with Crippen molar-refractivity contribution in [2.24, 2.45) is 34.8 Å². The van der Waals surface area contributed by atoms with Crippen molar-refractivity contribution in [1.29, 1.82) is 0 Å². The lowest BCUT2D eigenvalue weighted by Gasteiger charge is -2.59. The molecule has 19 heavy (non-hydrogen) atoms. The molecule has 0 amide bonds. The van der Waals surface area contributed by atoms with Crippen molar-refractivity contribution < 1.29 is 9.53 Å². The number of nitrogens with two attached hydrogens (primary N) is 1. The molecule has 0 saturated heterocycles. The summed E-state index contributed by atoms with van der Waals surface area (Å²) in [6.07, 6.45) is 5.88. The van der Waals surface area contributed by atoms with Gasteiger partial charge in [-0.05, 0) is 75.7 Å². The molecule has 2 bridgehead atoms. The molecule has 3 aliphatic rings. The number of hydrogen-bond acceptors (Lipinski definition) is 3. The first kappa shape index (κ1) is 13.4. The first-order valence-electron chi connectivity index (χ1n) is 7.77. The van der Waals surface area contributed by atoms with Gasteiger partial charge in [-0.25, -0.2) is 0 Å². The van der Waals surface area contributed by atoms with Crippen LogP contribution in [-0.4, -0.2) is 18.1 Å². The smallest absolute Gasteiger partial charge is 0.306 e. The lowest BCUT2D eigenvalue weighted by molar-refractivity contribution is -0.171. The van der Waals surface area contributed by atoms with Gasteiger partial charge in [0.05, 0.1) is 6.42 Å². The summed E-state index contributed by atoms with van der Waals surface area (Å²) >= 11 is 0. The second-order valence-corrected chi connectivity index (χ2v) is 7.99. The molecular formula is C16H27NO2. The van der Waals surface area contributed by atoms with E-state index in [0.717, 1.165) is 11.8 Å².